The van der Waals surface area contributed by atoms with Crippen LogP contribution in [0.25, 0.3) is 0 Å². The maximum atomic E-state index is 12.4. The highest BCUT2D eigenvalue weighted by molar-refractivity contribution is 8.01. The number of anilines is 2. The SMILES string of the molecule is COc1cccc(NC(=O)CSc2nc(CC(=O)Nc3ccc4c(c3)OCCO4)cs2)c1. The van der Waals surface area contributed by atoms with Crippen LogP contribution in [-0.4, -0.2) is 42.9 Å². The van der Waals surface area contributed by atoms with Gasteiger partial charge in [-0.15, -0.1) is 11.3 Å². The van der Waals surface area contributed by atoms with Crippen LogP contribution in [0.2, 0.25) is 0 Å². The number of fused-ring (bicyclic) bond motifs is 1. The Hall–Kier alpha value is -3.24. The molecule has 2 amide bonds. The Morgan fingerprint density at radius 2 is 1.84 bits per heavy atom. The van der Waals surface area contributed by atoms with Gasteiger partial charge in [0.05, 0.1) is 25.0 Å². The van der Waals surface area contributed by atoms with Crippen LogP contribution in [0.5, 0.6) is 17.2 Å². The molecule has 0 atom stereocenters. The predicted octanol–water partition coefficient (Wildman–Crippen LogP) is 3.83. The lowest BCUT2D eigenvalue weighted by Gasteiger charge is -2.18. The molecular weight excluding hydrogens is 450 g/mol. The van der Waals surface area contributed by atoms with Gasteiger partial charge in [-0.05, 0) is 24.3 Å². The molecular formula is C22H21N3O5S2. The van der Waals surface area contributed by atoms with Crippen molar-refractivity contribution in [3.63, 3.8) is 0 Å². The molecule has 0 bridgehead atoms. The molecule has 0 unspecified atom stereocenters. The second-order valence-electron chi connectivity index (χ2n) is 6.76. The summed E-state index contributed by atoms with van der Waals surface area (Å²) in [5.41, 5.74) is 1.96. The molecule has 8 nitrogen and oxygen atoms in total. The topological polar surface area (TPSA) is 98.8 Å². The number of thiazole rings is 1. The fraction of sp³-hybridized carbons (Fsp3) is 0.227. The van der Waals surface area contributed by atoms with Gasteiger partial charge in [-0.3, -0.25) is 9.59 Å². The maximum Gasteiger partial charge on any atom is 0.234 e. The molecule has 2 heterocycles. The number of nitrogens with one attached hydrogen (secondary N) is 2. The quantitative estimate of drug-likeness (QED) is 0.482. The van der Waals surface area contributed by atoms with E-state index in [0.717, 1.165) is 4.34 Å². The van der Waals surface area contributed by atoms with Gasteiger partial charge in [0, 0.05) is 28.9 Å². The minimum atomic E-state index is -0.181. The summed E-state index contributed by atoms with van der Waals surface area (Å²) in [6, 6.07) is 12.5. The first-order chi connectivity index (χ1) is 15.6. The van der Waals surface area contributed by atoms with Crippen molar-refractivity contribution in [2.75, 3.05) is 36.7 Å². The van der Waals surface area contributed by atoms with E-state index in [9.17, 15) is 9.59 Å². The summed E-state index contributed by atoms with van der Waals surface area (Å²) in [5, 5.41) is 7.50. The summed E-state index contributed by atoms with van der Waals surface area (Å²) in [6.07, 6.45) is 0.140. The standard InChI is InChI=1S/C22H21N3O5S2/c1-28-17-4-2-3-14(9-17)24-21(27)13-32-22-25-16(12-31-22)11-20(26)23-15-5-6-18-19(10-15)30-8-7-29-18/h2-6,9-10,12H,7-8,11,13H2,1H3,(H,23,26)(H,24,27). The monoisotopic (exact) mass is 471 g/mol. The zero-order valence-corrected chi connectivity index (χ0v) is 18.9. The molecule has 0 saturated heterocycles. The fourth-order valence-corrected chi connectivity index (χ4v) is 4.60. The molecule has 0 spiro atoms. The highest BCUT2D eigenvalue weighted by Gasteiger charge is 2.14. The van der Waals surface area contributed by atoms with Crippen LogP contribution in [0.1, 0.15) is 5.69 Å². The summed E-state index contributed by atoms with van der Waals surface area (Å²) in [4.78, 5) is 29.0. The number of carbonyl (C=O) groups is 2. The zero-order valence-electron chi connectivity index (χ0n) is 17.3. The third-order valence-corrected chi connectivity index (χ3v) is 6.45. The van der Waals surface area contributed by atoms with Crippen LogP contribution >= 0.6 is 23.1 Å². The molecule has 1 aliphatic heterocycles. The molecule has 3 aromatic rings. The number of rotatable bonds is 8. The molecule has 4 rings (SSSR count). The van der Waals surface area contributed by atoms with Gasteiger partial charge in [-0.2, -0.15) is 0 Å². The van der Waals surface area contributed by atoms with Crippen LogP contribution in [0, 0.1) is 0 Å². The van der Waals surface area contributed by atoms with E-state index in [-0.39, 0.29) is 24.0 Å². The first kappa shape index (κ1) is 22.0. The van der Waals surface area contributed by atoms with Gasteiger partial charge in [-0.1, -0.05) is 17.8 Å². The summed E-state index contributed by atoms with van der Waals surface area (Å²) < 4.78 is 16.9. The molecule has 0 saturated carbocycles. The first-order valence-electron chi connectivity index (χ1n) is 9.79. The smallest absolute Gasteiger partial charge is 0.234 e. The molecule has 0 fully saturated rings. The molecule has 166 valence electrons. The highest BCUT2D eigenvalue weighted by Crippen LogP contribution is 2.32. The number of hydrogen-bond acceptors (Lipinski definition) is 8. The van der Waals surface area contributed by atoms with Gasteiger partial charge < -0.3 is 24.8 Å². The lowest BCUT2D eigenvalue weighted by atomic mass is 10.2. The molecule has 2 aromatic carbocycles. The number of amides is 2. The number of benzene rings is 2. The van der Waals surface area contributed by atoms with Crippen LogP contribution in [0.4, 0.5) is 11.4 Å². The third kappa shape index (κ3) is 5.92. The van der Waals surface area contributed by atoms with Crippen molar-refractivity contribution in [3.8, 4) is 17.2 Å². The van der Waals surface area contributed by atoms with E-state index in [0.29, 0.717) is 47.5 Å². The minimum Gasteiger partial charge on any atom is -0.497 e. The number of hydrogen-bond donors (Lipinski definition) is 2. The molecule has 0 aliphatic carbocycles. The van der Waals surface area contributed by atoms with Crippen LogP contribution in [0.3, 0.4) is 0 Å². The van der Waals surface area contributed by atoms with Gasteiger partial charge in [-0.25, -0.2) is 4.98 Å². The van der Waals surface area contributed by atoms with Gasteiger partial charge in [0.1, 0.15) is 19.0 Å². The molecule has 1 aliphatic rings. The molecule has 1 aromatic heterocycles. The van der Waals surface area contributed by atoms with Crippen molar-refractivity contribution in [1.82, 2.24) is 4.98 Å². The largest absolute Gasteiger partial charge is 0.497 e. The van der Waals surface area contributed by atoms with E-state index in [1.165, 1.54) is 23.1 Å². The molecule has 2 N–H and O–H groups in total. The number of carbonyl (C=O) groups excluding carboxylic acids is 2. The Bertz CT molecular complexity index is 1120. The Morgan fingerprint density at radius 3 is 2.69 bits per heavy atom. The Kier molecular flexibility index (Phi) is 7.13. The van der Waals surface area contributed by atoms with Crippen molar-refractivity contribution in [2.24, 2.45) is 0 Å². The van der Waals surface area contributed by atoms with Crippen LogP contribution in [-0.2, 0) is 16.0 Å². The van der Waals surface area contributed by atoms with E-state index >= 15 is 0 Å². The van der Waals surface area contributed by atoms with Gasteiger partial charge in [0.2, 0.25) is 11.8 Å². The van der Waals surface area contributed by atoms with Crippen LogP contribution in [0.15, 0.2) is 52.2 Å². The Balaban J connectivity index is 1.25. The number of thioether (sulfide) groups is 1. The maximum absolute atomic E-state index is 12.4. The lowest BCUT2D eigenvalue weighted by molar-refractivity contribution is -0.116. The van der Waals surface area contributed by atoms with Gasteiger partial charge in [0.25, 0.3) is 0 Å². The van der Waals surface area contributed by atoms with E-state index in [1.807, 2.05) is 17.5 Å². The molecule has 0 radical (unpaired) electrons. The number of aromatic nitrogens is 1. The fourth-order valence-electron chi connectivity index (χ4n) is 2.95. The van der Waals surface area contributed by atoms with Crippen LogP contribution < -0.4 is 24.8 Å². The van der Waals surface area contributed by atoms with Crippen molar-refractivity contribution in [3.05, 3.63) is 53.5 Å². The van der Waals surface area contributed by atoms with E-state index in [1.54, 1.807) is 37.4 Å². The van der Waals surface area contributed by atoms with E-state index < -0.39 is 0 Å². The predicted molar refractivity (Wildman–Crippen MR) is 124 cm³/mol. The van der Waals surface area contributed by atoms with Crippen molar-refractivity contribution in [2.45, 2.75) is 10.8 Å². The van der Waals surface area contributed by atoms with Crippen molar-refractivity contribution in [1.29, 1.82) is 0 Å². The van der Waals surface area contributed by atoms with Crippen molar-refractivity contribution < 1.29 is 23.8 Å². The van der Waals surface area contributed by atoms with Gasteiger partial charge >= 0.3 is 0 Å². The first-order valence-corrected chi connectivity index (χ1v) is 11.7. The Morgan fingerprint density at radius 1 is 1.06 bits per heavy atom. The normalized spacial score (nSPS) is 12.2. The number of nitrogens with zero attached hydrogens (tertiary/aromatic N) is 1. The number of ether oxygens (including phenoxy) is 3. The van der Waals surface area contributed by atoms with E-state index in [4.69, 9.17) is 14.2 Å². The number of methoxy groups -OCH3 is 1. The summed E-state index contributed by atoms with van der Waals surface area (Å²) >= 11 is 2.73. The third-order valence-electron chi connectivity index (χ3n) is 4.38. The van der Waals surface area contributed by atoms with E-state index in [2.05, 4.69) is 15.6 Å². The van der Waals surface area contributed by atoms with Crippen molar-refractivity contribution >= 4 is 46.3 Å². The Labute approximate surface area is 193 Å². The average Bonchev–Trinajstić information content (AvgIpc) is 3.25. The molecule has 10 heteroatoms. The highest BCUT2D eigenvalue weighted by atomic mass is 32.2. The summed E-state index contributed by atoms with van der Waals surface area (Å²) in [5.74, 6) is 1.86. The summed E-state index contributed by atoms with van der Waals surface area (Å²) in [7, 11) is 1.58. The second-order valence-corrected chi connectivity index (χ2v) is 8.84. The average molecular weight is 472 g/mol. The summed E-state index contributed by atoms with van der Waals surface area (Å²) in [6.45, 7) is 1.01. The molecule has 32 heavy (non-hydrogen) atoms. The zero-order chi connectivity index (χ0) is 22.3. The lowest BCUT2D eigenvalue weighted by Crippen LogP contribution is -2.17. The second kappa shape index (κ2) is 10.4. The van der Waals surface area contributed by atoms with Gasteiger partial charge in [0.15, 0.2) is 15.8 Å². The minimum absolute atomic E-state index is 0.140.